The predicted molar refractivity (Wildman–Crippen MR) is 108 cm³/mol. The fourth-order valence-corrected chi connectivity index (χ4v) is 2.90. The number of halogens is 1. The van der Waals surface area contributed by atoms with Gasteiger partial charge in [-0.1, -0.05) is 60.1 Å². The standard InChI is InChI=1S/C21H21ClN4O/c1-15-12-19(20(27)26(2)14-16-8-4-3-5-9-16)25-21(24-15)23-13-17-10-6-7-11-18(17)22/h3-12H,13-14H2,1-2H3,(H,23,24,25). The van der Waals surface area contributed by atoms with Gasteiger partial charge in [-0.2, -0.15) is 0 Å². The summed E-state index contributed by atoms with van der Waals surface area (Å²) in [7, 11) is 1.77. The van der Waals surface area contributed by atoms with Crippen LogP contribution in [0.3, 0.4) is 0 Å². The molecule has 138 valence electrons. The predicted octanol–water partition coefficient (Wildman–Crippen LogP) is 4.32. The smallest absolute Gasteiger partial charge is 0.272 e. The van der Waals surface area contributed by atoms with Crippen molar-refractivity contribution in [1.29, 1.82) is 0 Å². The van der Waals surface area contributed by atoms with E-state index in [1.165, 1.54) is 0 Å². The molecule has 0 atom stereocenters. The number of hydrogen-bond donors (Lipinski definition) is 1. The van der Waals surface area contributed by atoms with Gasteiger partial charge in [-0.05, 0) is 30.2 Å². The van der Waals surface area contributed by atoms with Crippen molar-refractivity contribution >= 4 is 23.5 Å². The van der Waals surface area contributed by atoms with E-state index < -0.39 is 0 Å². The topological polar surface area (TPSA) is 58.1 Å². The van der Waals surface area contributed by atoms with Crippen LogP contribution in [-0.2, 0) is 13.1 Å². The zero-order valence-corrected chi connectivity index (χ0v) is 16.1. The Hall–Kier alpha value is -2.92. The number of carbonyl (C=O) groups is 1. The molecule has 1 aromatic heterocycles. The van der Waals surface area contributed by atoms with E-state index in [4.69, 9.17) is 11.6 Å². The Morgan fingerprint density at radius 3 is 2.52 bits per heavy atom. The molecule has 1 heterocycles. The molecular weight excluding hydrogens is 360 g/mol. The van der Waals surface area contributed by atoms with Crippen LogP contribution in [0.25, 0.3) is 0 Å². The molecule has 27 heavy (non-hydrogen) atoms. The maximum Gasteiger partial charge on any atom is 0.272 e. The van der Waals surface area contributed by atoms with Crippen LogP contribution in [0.1, 0.15) is 27.3 Å². The van der Waals surface area contributed by atoms with E-state index in [1.807, 2.05) is 61.5 Å². The van der Waals surface area contributed by atoms with Crippen LogP contribution in [0.15, 0.2) is 60.7 Å². The van der Waals surface area contributed by atoms with Gasteiger partial charge in [0, 0.05) is 30.9 Å². The van der Waals surface area contributed by atoms with Crippen LogP contribution in [0.5, 0.6) is 0 Å². The number of benzene rings is 2. The van der Waals surface area contributed by atoms with Crippen molar-refractivity contribution in [2.24, 2.45) is 0 Å². The van der Waals surface area contributed by atoms with Gasteiger partial charge in [0.15, 0.2) is 0 Å². The maximum atomic E-state index is 12.8. The minimum atomic E-state index is -0.148. The number of aromatic nitrogens is 2. The second-order valence-electron chi connectivity index (χ2n) is 6.31. The van der Waals surface area contributed by atoms with Crippen molar-refractivity contribution in [3.8, 4) is 0 Å². The largest absolute Gasteiger partial charge is 0.350 e. The average molecular weight is 381 g/mol. The SMILES string of the molecule is Cc1cc(C(=O)N(C)Cc2ccccc2)nc(NCc2ccccc2Cl)n1. The molecular formula is C21H21ClN4O. The molecule has 0 radical (unpaired) electrons. The van der Waals surface area contributed by atoms with Gasteiger partial charge in [-0.25, -0.2) is 9.97 Å². The Labute approximate surface area is 164 Å². The van der Waals surface area contributed by atoms with Crippen molar-refractivity contribution in [2.75, 3.05) is 12.4 Å². The van der Waals surface area contributed by atoms with Crippen molar-refractivity contribution in [3.05, 3.63) is 88.2 Å². The first-order valence-electron chi connectivity index (χ1n) is 8.65. The quantitative estimate of drug-likeness (QED) is 0.691. The molecule has 0 aliphatic carbocycles. The lowest BCUT2D eigenvalue weighted by atomic mass is 10.2. The third-order valence-electron chi connectivity index (χ3n) is 4.08. The Morgan fingerprint density at radius 1 is 1.07 bits per heavy atom. The minimum absolute atomic E-state index is 0.148. The first kappa shape index (κ1) is 18.9. The number of nitrogens with one attached hydrogen (secondary N) is 1. The van der Waals surface area contributed by atoms with Crippen molar-refractivity contribution in [3.63, 3.8) is 0 Å². The van der Waals surface area contributed by atoms with Gasteiger partial charge in [-0.3, -0.25) is 4.79 Å². The fraction of sp³-hybridized carbons (Fsp3) is 0.190. The Morgan fingerprint density at radius 2 is 1.78 bits per heavy atom. The molecule has 6 heteroatoms. The molecule has 0 unspecified atom stereocenters. The van der Waals surface area contributed by atoms with Gasteiger partial charge in [0.25, 0.3) is 5.91 Å². The molecule has 0 bridgehead atoms. The highest BCUT2D eigenvalue weighted by Gasteiger charge is 2.15. The Kier molecular flexibility index (Phi) is 6.04. The number of nitrogens with zero attached hydrogens (tertiary/aromatic N) is 3. The van der Waals surface area contributed by atoms with E-state index in [0.717, 1.165) is 16.8 Å². The third kappa shape index (κ3) is 5.05. The van der Waals surface area contributed by atoms with Crippen molar-refractivity contribution in [2.45, 2.75) is 20.0 Å². The minimum Gasteiger partial charge on any atom is -0.350 e. The van der Waals surface area contributed by atoms with Crippen LogP contribution in [0.4, 0.5) is 5.95 Å². The zero-order chi connectivity index (χ0) is 19.2. The Bertz CT molecular complexity index is 930. The van der Waals surface area contributed by atoms with Gasteiger partial charge < -0.3 is 10.2 Å². The van der Waals surface area contributed by atoms with E-state index in [2.05, 4.69) is 15.3 Å². The number of anilines is 1. The van der Waals surface area contributed by atoms with Crippen LogP contribution in [0, 0.1) is 6.92 Å². The van der Waals surface area contributed by atoms with E-state index in [1.54, 1.807) is 18.0 Å². The maximum absolute atomic E-state index is 12.8. The fourth-order valence-electron chi connectivity index (χ4n) is 2.70. The van der Waals surface area contributed by atoms with Crippen molar-refractivity contribution < 1.29 is 4.79 Å². The summed E-state index contributed by atoms with van der Waals surface area (Å²) >= 11 is 6.18. The number of aryl methyl sites for hydroxylation is 1. The van der Waals surface area contributed by atoms with Gasteiger partial charge in [-0.15, -0.1) is 0 Å². The second-order valence-corrected chi connectivity index (χ2v) is 6.72. The lowest BCUT2D eigenvalue weighted by molar-refractivity contribution is 0.0779. The average Bonchev–Trinajstić information content (AvgIpc) is 2.67. The van der Waals surface area contributed by atoms with E-state index in [9.17, 15) is 4.79 Å². The van der Waals surface area contributed by atoms with E-state index in [-0.39, 0.29) is 5.91 Å². The highest BCUT2D eigenvalue weighted by atomic mass is 35.5. The molecule has 3 rings (SSSR count). The first-order chi connectivity index (χ1) is 13.0. The van der Waals surface area contributed by atoms with Crippen LogP contribution >= 0.6 is 11.6 Å². The summed E-state index contributed by atoms with van der Waals surface area (Å²) in [5.41, 5.74) is 3.10. The lowest BCUT2D eigenvalue weighted by Gasteiger charge is -2.17. The molecule has 1 amide bonds. The van der Waals surface area contributed by atoms with Crippen LogP contribution < -0.4 is 5.32 Å². The molecule has 0 fully saturated rings. The molecule has 5 nitrogen and oxygen atoms in total. The molecule has 1 N–H and O–H groups in total. The van der Waals surface area contributed by atoms with Gasteiger partial charge in [0.05, 0.1) is 0 Å². The molecule has 0 aliphatic heterocycles. The molecule has 0 spiro atoms. The summed E-state index contributed by atoms with van der Waals surface area (Å²) in [6, 6.07) is 19.1. The zero-order valence-electron chi connectivity index (χ0n) is 15.3. The molecule has 3 aromatic rings. The molecule has 0 saturated carbocycles. The first-order valence-corrected chi connectivity index (χ1v) is 9.03. The monoisotopic (exact) mass is 380 g/mol. The van der Waals surface area contributed by atoms with Crippen LogP contribution in [0.2, 0.25) is 5.02 Å². The summed E-state index contributed by atoms with van der Waals surface area (Å²) in [6.45, 7) is 2.85. The summed E-state index contributed by atoms with van der Waals surface area (Å²) < 4.78 is 0. The van der Waals surface area contributed by atoms with Gasteiger partial charge in [0.2, 0.25) is 5.95 Å². The third-order valence-corrected chi connectivity index (χ3v) is 4.45. The highest BCUT2D eigenvalue weighted by Crippen LogP contribution is 2.16. The second kappa shape index (κ2) is 8.64. The van der Waals surface area contributed by atoms with E-state index in [0.29, 0.717) is 29.8 Å². The van der Waals surface area contributed by atoms with Gasteiger partial charge >= 0.3 is 0 Å². The summed E-state index contributed by atoms with van der Waals surface area (Å²) in [4.78, 5) is 23.2. The molecule has 2 aromatic carbocycles. The van der Waals surface area contributed by atoms with Crippen molar-refractivity contribution in [1.82, 2.24) is 14.9 Å². The van der Waals surface area contributed by atoms with Crippen LogP contribution in [-0.4, -0.2) is 27.8 Å². The highest BCUT2D eigenvalue weighted by molar-refractivity contribution is 6.31. The summed E-state index contributed by atoms with van der Waals surface area (Å²) in [6.07, 6.45) is 0. The Balaban J connectivity index is 1.72. The van der Waals surface area contributed by atoms with Gasteiger partial charge in [0.1, 0.15) is 5.69 Å². The molecule has 0 aliphatic rings. The summed E-state index contributed by atoms with van der Waals surface area (Å²) in [5.74, 6) is 0.261. The number of amides is 1. The number of rotatable bonds is 6. The summed E-state index contributed by atoms with van der Waals surface area (Å²) in [5, 5.41) is 3.83. The molecule has 0 saturated heterocycles. The number of carbonyl (C=O) groups excluding carboxylic acids is 1. The van der Waals surface area contributed by atoms with E-state index >= 15 is 0 Å². The normalized spacial score (nSPS) is 10.5. The lowest BCUT2D eigenvalue weighted by Crippen LogP contribution is -2.27. The number of hydrogen-bond acceptors (Lipinski definition) is 4.